The number of piperazine rings is 1. The summed E-state index contributed by atoms with van der Waals surface area (Å²) in [7, 11) is 2.23. The van der Waals surface area contributed by atoms with Crippen molar-refractivity contribution in [2.75, 3.05) is 33.2 Å². The van der Waals surface area contributed by atoms with Gasteiger partial charge in [-0.3, -0.25) is 4.90 Å². The summed E-state index contributed by atoms with van der Waals surface area (Å²) in [5, 5.41) is 0. The highest BCUT2D eigenvalue weighted by atomic mass is 15.3. The molecule has 1 heterocycles. The van der Waals surface area contributed by atoms with Crippen LogP contribution in [0.3, 0.4) is 0 Å². The summed E-state index contributed by atoms with van der Waals surface area (Å²) in [6.45, 7) is 7.29. The Morgan fingerprint density at radius 2 is 2.00 bits per heavy atom. The third kappa shape index (κ3) is 2.82. The second kappa shape index (κ2) is 5.13. The van der Waals surface area contributed by atoms with Crippen LogP contribution in [0.15, 0.2) is 11.6 Å². The van der Waals surface area contributed by atoms with Gasteiger partial charge in [0.1, 0.15) is 0 Å². The maximum Gasteiger partial charge on any atom is 0.0282 e. The summed E-state index contributed by atoms with van der Waals surface area (Å²) in [6, 6.07) is 0.752. The van der Waals surface area contributed by atoms with Crippen molar-refractivity contribution < 1.29 is 0 Å². The summed E-state index contributed by atoms with van der Waals surface area (Å²) in [5.74, 6) is 0. The van der Waals surface area contributed by atoms with E-state index in [4.69, 9.17) is 0 Å². The summed E-state index contributed by atoms with van der Waals surface area (Å²) in [4.78, 5) is 5.11. The third-order valence-corrected chi connectivity index (χ3v) is 3.89. The molecule has 1 saturated heterocycles. The number of hydrogen-bond acceptors (Lipinski definition) is 2. The van der Waals surface area contributed by atoms with Crippen LogP contribution in [0, 0.1) is 0 Å². The number of allylic oxidation sites excluding steroid dienone is 1. The van der Waals surface area contributed by atoms with E-state index in [0.717, 1.165) is 6.04 Å². The molecular weight excluding hydrogens is 184 g/mol. The molecular formula is C13H24N2. The molecule has 0 radical (unpaired) electrons. The molecule has 1 unspecified atom stereocenters. The predicted molar refractivity (Wildman–Crippen MR) is 65.1 cm³/mol. The van der Waals surface area contributed by atoms with Crippen molar-refractivity contribution in [3.05, 3.63) is 11.6 Å². The van der Waals surface area contributed by atoms with E-state index < -0.39 is 0 Å². The largest absolute Gasteiger partial charge is 0.304 e. The Morgan fingerprint density at radius 3 is 2.67 bits per heavy atom. The van der Waals surface area contributed by atoms with Gasteiger partial charge in [-0.15, -0.1) is 0 Å². The first-order valence-electron chi connectivity index (χ1n) is 6.41. The first-order valence-corrected chi connectivity index (χ1v) is 6.41. The monoisotopic (exact) mass is 208 g/mol. The van der Waals surface area contributed by atoms with Gasteiger partial charge in [-0.1, -0.05) is 18.6 Å². The van der Waals surface area contributed by atoms with Gasteiger partial charge in [-0.2, -0.15) is 0 Å². The molecule has 1 aliphatic heterocycles. The molecule has 2 heteroatoms. The van der Waals surface area contributed by atoms with Crippen molar-refractivity contribution in [3.8, 4) is 0 Å². The molecule has 0 amide bonds. The first-order chi connectivity index (χ1) is 7.29. The highest BCUT2D eigenvalue weighted by molar-refractivity contribution is 5.10. The van der Waals surface area contributed by atoms with Gasteiger partial charge in [0.15, 0.2) is 0 Å². The highest BCUT2D eigenvalue weighted by Gasteiger charge is 2.22. The van der Waals surface area contributed by atoms with E-state index >= 15 is 0 Å². The number of rotatable bonds is 2. The van der Waals surface area contributed by atoms with E-state index in [9.17, 15) is 0 Å². The van der Waals surface area contributed by atoms with Gasteiger partial charge in [-0.25, -0.2) is 0 Å². The number of nitrogens with zero attached hydrogens (tertiary/aromatic N) is 2. The zero-order valence-corrected chi connectivity index (χ0v) is 10.2. The quantitative estimate of drug-likeness (QED) is 0.641. The van der Waals surface area contributed by atoms with Crippen LogP contribution in [0.2, 0.25) is 0 Å². The highest BCUT2D eigenvalue weighted by Crippen LogP contribution is 2.24. The Balaban J connectivity index is 1.92. The zero-order valence-electron chi connectivity index (χ0n) is 10.2. The van der Waals surface area contributed by atoms with E-state index in [-0.39, 0.29) is 0 Å². The minimum atomic E-state index is 0.752. The van der Waals surface area contributed by atoms with Crippen molar-refractivity contribution in [1.82, 2.24) is 9.80 Å². The van der Waals surface area contributed by atoms with E-state index in [1.807, 2.05) is 0 Å². The lowest BCUT2D eigenvalue weighted by Gasteiger charge is -2.38. The summed E-state index contributed by atoms with van der Waals surface area (Å²) in [5.41, 5.74) is 1.69. The minimum Gasteiger partial charge on any atom is -0.304 e. The Kier molecular flexibility index (Phi) is 3.81. The fourth-order valence-electron chi connectivity index (χ4n) is 2.71. The van der Waals surface area contributed by atoms with E-state index in [0.29, 0.717) is 0 Å². The van der Waals surface area contributed by atoms with Crippen LogP contribution in [-0.4, -0.2) is 49.1 Å². The molecule has 0 aromatic carbocycles. The summed E-state index contributed by atoms with van der Waals surface area (Å²) < 4.78 is 0. The molecule has 1 atom stereocenters. The fraction of sp³-hybridized carbons (Fsp3) is 0.846. The molecule has 0 aromatic rings. The zero-order chi connectivity index (χ0) is 10.7. The normalized spacial score (nSPS) is 30.3. The van der Waals surface area contributed by atoms with Crippen molar-refractivity contribution >= 4 is 0 Å². The van der Waals surface area contributed by atoms with Crippen LogP contribution in [0.4, 0.5) is 0 Å². The minimum absolute atomic E-state index is 0.752. The average molecular weight is 208 g/mol. The van der Waals surface area contributed by atoms with Gasteiger partial charge >= 0.3 is 0 Å². The topological polar surface area (TPSA) is 6.48 Å². The van der Waals surface area contributed by atoms with Crippen LogP contribution in [0.5, 0.6) is 0 Å². The van der Waals surface area contributed by atoms with E-state index in [1.165, 1.54) is 51.9 Å². The van der Waals surface area contributed by atoms with Crippen molar-refractivity contribution in [2.24, 2.45) is 0 Å². The second-order valence-corrected chi connectivity index (χ2v) is 4.98. The van der Waals surface area contributed by atoms with Crippen molar-refractivity contribution in [1.29, 1.82) is 0 Å². The molecule has 86 valence electrons. The van der Waals surface area contributed by atoms with Gasteiger partial charge < -0.3 is 4.90 Å². The molecule has 1 fully saturated rings. The molecule has 0 spiro atoms. The standard InChI is InChI=1S/C13H24N2/c1-3-12-5-4-6-13(11-12)15-9-7-14(2)8-10-15/h11,13H,3-10H2,1-2H3. The summed E-state index contributed by atoms with van der Waals surface area (Å²) >= 11 is 0. The van der Waals surface area contributed by atoms with E-state index in [2.05, 4.69) is 29.8 Å². The molecule has 2 aliphatic rings. The Labute approximate surface area is 93.9 Å². The maximum absolute atomic E-state index is 2.68. The van der Waals surface area contributed by atoms with Gasteiger partial charge in [0, 0.05) is 32.2 Å². The number of hydrogen-bond donors (Lipinski definition) is 0. The Hall–Kier alpha value is -0.340. The van der Waals surface area contributed by atoms with Crippen molar-refractivity contribution in [2.45, 2.75) is 38.6 Å². The second-order valence-electron chi connectivity index (χ2n) is 4.98. The lowest BCUT2D eigenvalue weighted by Crippen LogP contribution is -2.48. The maximum atomic E-state index is 2.68. The molecule has 0 aromatic heterocycles. The van der Waals surface area contributed by atoms with E-state index in [1.54, 1.807) is 5.57 Å². The van der Waals surface area contributed by atoms with Gasteiger partial charge in [0.05, 0.1) is 0 Å². The Morgan fingerprint density at radius 1 is 1.27 bits per heavy atom. The molecule has 2 nitrogen and oxygen atoms in total. The van der Waals surface area contributed by atoms with Gasteiger partial charge in [0.2, 0.25) is 0 Å². The van der Waals surface area contributed by atoms with Gasteiger partial charge in [0.25, 0.3) is 0 Å². The predicted octanol–water partition coefficient (Wildman–Crippen LogP) is 2.12. The lowest BCUT2D eigenvalue weighted by atomic mass is 9.93. The Bertz CT molecular complexity index is 227. The molecule has 1 aliphatic carbocycles. The molecule has 0 bridgehead atoms. The molecule has 0 N–H and O–H groups in total. The van der Waals surface area contributed by atoms with Crippen molar-refractivity contribution in [3.63, 3.8) is 0 Å². The SMILES string of the molecule is CCC1=CC(N2CCN(C)CC2)CCC1. The van der Waals surface area contributed by atoms with Gasteiger partial charge in [-0.05, 0) is 32.7 Å². The molecule has 2 rings (SSSR count). The smallest absolute Gasteiger partial charge is 0.0282 e. The van der Waals surface area contributed by atoms with Crippen LogP contribution in [-0.2, 0) is 0 Å². The third-order valence-electron chi connectivity index (χ3n) is 3.89. The molecule has 0 saturated carbocycles. The van der Waals surface area contributed by atoms with Crippen LogP contribution < -0.4 is 0 Å². The van der Waals surface area contributed by atoms with Crippen LogP contribution in [0.1, 0.15) is 32.6 Å². The summed E-state index contributed by atoms with van der Waals surface area (Å²) in [6.07, 6.45) is 7.93. The van der Waals surface area contributed by atoms with Crippen LogP contribution >= 0.6 is 0 Å². The fourth-order valence-corrected chi connectivity index (χ4v) is 2.71. The average Bonchev–Trinajstić information content (AvgIpc) is 2.30. The lowest BCUT2D eigenvalue weighted by molar-refractivity contribution is 0.122. The molecule has 15 heavy (non-hydrogen) atoms. The van der Waals surface area contributed by atoms with Crippen LogP contribution in [0.25, 0.3) is 0 Å². The first kappa shape index (κ1) is 11.2. The number of likely N-dealkylation sites (N-methyl/N-ethyl adjacent to an activating group) is 1.